The Morgan fingerprint density at radius 2 is 1.90 bits per heavy atom. The van der Waals surface area contributed by atoms with Crippen LogP contribution in [0.2, 0.25) is 0 Å². The first-order valence-corrected chi connectivity index (χ1v) is 12.8. The van der Waals surface area contributed by atoms with Crippen LogP contribution in [0.25, 0.3) is 11.3 Å². The van der Waals surface area contributed by atoms with Gasteiger partial charge in [0.15, 0.2) is 0 Å². The van der Waals surface area contributed by atoms with E-state index in [0.29, 0.717) is 59.7 Å². The molecule has 4 rings (SSSR count). The summed E-state index contributed by atoms with van der Waals surface area (Å²) in [6.45, 7) is 2.70. The van der Waals surface area contributed by atoms with E-state index < -0.39 is 0 Å². The van der Waals surface area contributed by atoms with Crippen molar-refractivity contribution in [2.45, 2.75) is 18.9 Å². The maximum absolute atomic E-state index is 12.9. The van der Waals surface area contributed by atoms with Gasteiger partial charge in [-0.1, -0.05) is 0 Å². The highest BCUT2D eigenvalue weighted by molar-refractivity contribution is 5.97. The minimum atomic E-state index is -0.115. The Bertz CT molecular complexity index is 1330. The lowest BCUT2D eigenvalue weighted by Crippen LogP contribution is -2.33. The minimum Gasteiger partial charge on any atom is -0.496 e. The molecule has 204 valence electrons. The summed E-state index contributed by atoms with van der Waals surface area (Å²) in [6.07, 6.45) is 3.31. The highest BCUT2D eigenvalue weighted by Gasteiger charge is 2.19. The van der Waals surface area contributed by atoms with Crippen LogP contribution in [0.15, 0.2) is 48.7 Å². The highest BCUT2D eigenvalue weighted by atomic mass is 16.5. The van der Waals surface area contributed by atoms with Crippen LogP contribution in [-0.4, -0.2) is 86.3 Å². The van der Waals surface area contributed by atoms with Crippen LogP contribution in [-0.2, 0) is 4.74 Å². The van der Waals surface area contributed by atoms with Crippen molar-refractivity contribution in [3.05, 3.63) is 59.8 Å². The molecule has 1 aromatic heterocycles. The van der Waals surface area contributed by atoms with Gasteiger partial charge in [0, 0.05) is 56.5 Å². The van der Waals surface area contributed by atoms with Gasteiger partial charge in [-0.2, -0.15) is 5.26 Å². The number of hydrogen-bond donors (Lipinski definition) is 1. The standard InChI is InChI=1S/C29H34N6O4/c1-34(2)13-14-35(3)28(36)24-7-6-22(18-27(24)37-4)32-29-31-12-9-25(33-29)20-5-8-26(21(17-20)19-30)39-23-10-15-38-16-11-23/h5-9,12,17-18,23H,10-11,13-16H2,1-4H3,(H,31,32,33). The molecule has 1 saturated heterocycles. The number of nitrogens with one attached hydrogen (secondary N) is 1. The number of carbonyl (C=O) groups excluding carboxylic acids is 1. The summed E-state index contributed by atoms with van der Waals surface area (Å²) in [5.41, 5.74) is 3.03. The summed E-state index contributed by atoms with van der Waals surface area (Å²) in [5, 5.41) is 12.9. The van der Waals surface area contributed by atoms with Crippen LogP contribution in [0, 0.1) is 11.3 Å². The summed E-state index contributed by atoms with van der Waals surface area (Å²) in [7, 11) is 7.25. The smallest absolute Gasteiger partial charge is 0.257 e. The zero-order valence-electron chi connectivity index (χ0n) is 22.8. The topological polar surface area (TPSA) is 113 Å². The summed E-state index contributed by atoms with van der Waals surface area (Å²) in [6, 6.07) is 14.8. The molecule has 39 heavy (non-hydrogen) atoms. The van der Waals surface area contributed by atoms with Crippen LogP contribution in [0.5, 0.6) is 11.5 Å². The first-order chi connectivity index (χ1) is 18.9. The predicted molar refractivity (Wildman–Crippen MR) is 148 cm³/mol. The Balaban J connectivity index is 1.49. The van der Waals surface area contributed by atoms with Gasteiger partial charge in [-0.3, -0.25) is 4.79 Å². The molecule has 0 unspecified atom stereocenters. The second-order valence-corrected chi connectivity index (χ2v) is 9.59. The van der Waals surface area contributed by atoms with E-state index in [0.717, 1.165) is 24.9 Å². The largest absolute Gasteiger partial charge is 0.496 e. The Hall–Kier alpha value is -4.20. The SMILES string of the molecule is COc1cc(Nc2nccc(-c3ccc(OC4CCOCC4)c(C#N)c3)n2)ccc1C(=O)N(C)CCN(C)C. The van der Waals surface area contributed by atoms with Crippen molar-refractivity contribution >= 4 is 17.5 Å². The number of aromatic nitrogens is 2. The minimum absolute atomic E-state index is 0.0451. The second kappa shape index (κ2) is 13.0. The van der Waals surface area contributed by atoms with Crippen LogP contribution in [0.1, 0.15) is 28.8 Å². The van der Waals surface area contributed by atoms with Crippen molar-refractivity contribution in [2.24, 2.45) is 0 Å². The molecule has 1 amide bonds. The molecule has 2 heterocycles. The first-order valence-electron chi connectivity index (χ1n) is 12.8. The summed E-state index contributed by atoms with van der Waals surface area (Å²) in [5.74, 6) is 1.28. The lowest BCUT2D eigenvalue weighted by Gasteiger charge is -2.23. The van der Waals surface area contributed by atoms with E-state index in [1.807, 2.05) is 31.1 Å². The molecule has 10 nitrogen and oxygen atoms in total. The van der Waals surface area contributed by atoms with Gasteiger partial charge in [0.2, 0.25) is 5.95 Å². The monoisotopic (exact) mass is 530 g/mol. The number of likely N-dealkylation sites (N-methyl/N-ethyl adjacent to an activating group) is 2. The molecule has 10 heteroatoms. The number of ether oxygens (including phenoxy) is 3. The Kier molecular flexibility index (Phi) is 9.31. The van der Waals surface area contributed by atoms with Gasteiger partial charge in [-0.25, -0.2) is 9.97 Å². The number of rotatable bonds is 10. The van der Waals surface area contributed by atoms with E-state index in [4.69, 9.17) is 14.2 Å². The quantitative estimate of drug-likeness (QED) is 0.416. The van der Waals surface area contributed by atoms with E-state index in [1.165, 1.54) is 7.11 Å². The fourth-order valence-electron chi connectivity index (χ4n) is 4.16. The Labute approximate surface area is 229 Å². The third-order valence-corrected chi connectivity index (χ3v) is 6.43. The van der Waals surface area contributed by atoms with Crippen LogP contribution < -0.4 is 14.8 Å². The summed E-state index contributed by atoms with van der Waals surface area (Å²) < 4.78 is 17.0. The number of amides is 1. The van der Waals surface area contributed by atoms with E-state index in [2.05, 4.69) is 21.4 Å². The number of hydrogen-bond acceptors (Lipinski definition) is 9. The maximum Gasteiger partial charge on any atom is 0.257 e. The zero-order valence-corrected chi connectivity index (χ0v) is 22.8. The number of anilines is 2. The van der Waals surface area contributed by atoms with Crippen LogP contribution in [0.4, 0.5) is 11.6 Å². The van der Waals surface area contributed by atoms with Gasteiger partial charge in [-0.15, -0.1) is 0 Å². The van der Waals surface area contributed by atoms with Crippen molar-refractivity contribution in [2.75, 3.05) is 59.9 Å². The number of nitrogens with zero attached hydrogens (tertiary/aromatic N) is 5. The van der Waals surface area contributed by atoms with E-state index in [-0.39, 0.29) is 12.0 Å². The molecule has 2 aromatic carbocycles. The molecule has 3 aromatic rings. The molecule has 1 fully saturated rings. The normalized spacial score (nSPS) is 13.5. The predicted octanol–water partition coefficient (Wildman–Crippen LogP) is 3.96. The average Bonchev–Trinajstić information content (AvgIpc) is 2.96. The zero-order chi connectivity index (χ0) is 27.8. The molecule has 1 N–H and O–H groups in total. The molecule has 1 aliphatic rings. The van der Waals surface area contributed by atoms with E-state index in [9.17, 15) is 10.1 Å². The second-order valence-electron chi connectivity index (χ2n) is 9.59. The van der Waals surface area contributed by atoms with Crippen molar-refractivity contribution in [3.63, 3.8) is 0 Å². The number of methoxy groups -OCH3 is 1. The van der Waals surface area contributed by atoms with Gasteiger partial charge in [0.05, 0.1) is 37.1 Å². The number of carbonyl (C=O) groups is 1. The third kappa shape index (κ3) is 7.22. The third-order valence-electron chi connectivity index (χ3n) is 6.43. The lowest BCUT2D eigenvalue weighted by atomic mass is 10.1. The molecular weight excluding hydrogens is 496 g/mol. The molecule has 0 radical (unpaired) electrons. The van der Waals surface area contributed by atoms with E-state index in [1.54, 1.807) is 48.5 Å². The molecule has 0 saturated carbocycles. The number of benzene rings is 2. The van der Waals surface area contributed by atoms with Crippen molar-refractivity contribution in [1.29, 1.82) is 5.26 Å². The fraction of sp³-hybridized carbons (Fsp3) is 0.379. The Morgan fingerprint density at radius 3 is 2.62 bits per heavy atom. The maximum atomic E-state index is 12.9. The van der Waals surface area contributed by atoms with E-state index >= 15 is 0 Å². The molecule has 0 bridgehead atoms. The number of nitriles is 1. The van der Waals surface area contributed by atoms with Crippen molar-refractivity contribution in [3.8, 4) is 28.8 Å². The van der Waals surface area contributed by atoms with Crippen molar-refractivity contribution in [1.82, 2.24) is 19.8 Å². The molecule has 0 spiro atoms. The van der Waals surface area contributed by atoms with Gasteiger partial charge in [0.1, 0.15) is 23.7 Å². The molecule has 1 aliphatic heterocycles. The lowest BCUT2D eigenvalue weighted by molar-refractivity contribution is 0.0254. The summed E-state index contributed by atoms with van der Waals surface area (Å²) >= 11 is 0. The molecule has 0 aliphatic carbocycles. The van der Waals surface area contributed by atoms with Gasteiger partial charge >= 0.3 is 0 Å². The summed E-state index contributed by atoms with van der Waals surface area (Å²) in [4.78, 5) is 25.6. The van der Waals surface area contributed by atoms with Crippen molar-refractivity contribution < 1.29 is 19.0 Å². The molecular formula is C29H34N6O4. The van der Waals surface area contributed by atoms with Gasteiger partial charge in [-0.05, 0) is 50.5 Å². The first kappa shape index (κ1) is 27.8. The van der Waals surface area contributed by atoms with Gasteiger partial charge in [0.25, 0.3) is 5.91 Å². The average molecular weight is 531 g/mol. The van der Waals surface area contributed by atoms with Crippen LogP contribution >= 0.6 is 0 Å². The van der Waals surface area contributed by atoms with Crippen LogP contribution in [0.3, 0.4) is 0 Å². The Morgan fingerprint density at radius 1 is 1.10 bits per heavy atom. The van der Waals surface area contributed by atoms with Gasteiger partial charge < -0.3 is 29.3 Å². The molecule has 0 atom stereocenters. The highest BCUT2D eigenvalue weighted by Crippen LogP contribution is 2.29. The fourth-order valence-corrected chi connectivity index (χ4v) is 4.16.